The number of carbonyl (C=O) groups is 1. The summed E-state index contributed by atoms with van der Waals surface area (Å²) in [4.78, 5) is 14.1. The third kappa shape index (κ3) is 3.38. The van der Waals surface area contributed by atoms with E-state index in [0.29, 0.717) is 19.6 Å². The average molecular weight is 383 g/mol. The summed E-state index contributed by atoms with van der Waals surface area (Å²) in [7, 11) is -3.21. The molecule has 1 spiro atoms. The lowest BCUT2D eigenvalue weighted by Crippen LogP contribution is -2.42. The standard InChI is InChI=1S/C18H26N2O3S2/c21-17(19-11-14-5-4-10-24-14)16-12-20(25(22,23)15-6-7-15)13-18(16)8-2-1-3-9-18/h4-5,10,15-16H,1-3,6-9,11-13H2,(H,19,21). The maximum atomic E-state index is 12.9. The van der Waals surface area contributed by atoms with Crippen molar-refractivity contribution in [1.82, 2.24) is 9.62 Å². The summed E-state index contributed by atoms with van der Waals surface area (Å²) in [6, 6.07) is 3.99. The first-order chi connectivity index (χ1) is 12.0. The van der Waals surface area contributed by atoms with E-state index in [-0.39, 0.29) is 22.5 Å². The summed E-state index contributed by atoms with van der Waals surface area (Å²) < 4.78 is 27.1. The topological polar surface area (TPSA) is 66.5 Å². The molecule has 1 saturated heterocycles. The highest BCUT2D eigenvalue weighted by atomic mass is 32.2. The summed E-state index contributed by atoms with van der Waals surface area (Å²) >= 11 is 1.63. The minimum atomic E-state index is -3.21. The third-order valence-corrected chi connectivity index (χ3v) is 9.29. The van der Waals surface area contributed by atoms with E-state index < -0.39 is 10.0 Å². The second kappa shape index (κ2) is 6.67. The Morgan fingerprint density at radius 3 is 2.68 bits per heavy atom. The molecule has 2 saturated carbocycles. The highest BCUT2D eigenvalue weighted by molar-refractivity contribution is 7.90. The number of rotatable bonds is 5. The lowest BCUT2D eigenvalue weighted by molar-refractivity contribution is -0.128. The van der Waals surface area contributed by atoms with Gasteiger partial charge in [-0.2, -0.15) is 0 Å². The molecular formula is C18H26N2O3S2. The Kier molecular flexibility index (Phi) is 4.67. The van der Waals surface area contributed by atoms with Crippen molar-refractivity contribution in [3.8, 4) is 0 Å². The van der Waals surface area contributed by atoms with Crippen molar-refractivity contribution in [2.75, 3.05) is 13.1 Å². The molecule has 4 rings (SSSR count). The van der Waals surface area contributed by atoms with Crippen molar-refractivity contribution in [3.05, 3.63) is 22.4 Å². The van der Waals surface area contributed by atoms with Crippen LogP contribution in [-0.4, -0.2) is 37.0 Å². The van der Waals surface area contributed by atoms with Gasteiger partial charge in [-0.1, -0.05) is 25.3 Å². The van der Waals surface area contributed by atoms with Crippen molar-refractivity contribution in [1.29, 1.82) is 0 Å². The molecule has 3 aliphatic rings. The second-order valence-corrected chi connectivity index (χ2v) is 11.1. The molecule has 1 aliphatic heterocycles. The summed E-state index contributed by atoms with van der Waals surface area (Å²) in [5, 5.41) is 4.88. The number of nitrogens with one attached hydrogen (secondary N) is 1. The molecule has 3 fully saturated rings. The highest BCUT2D eigenvalue weighted by Gasteiger charge is 2.54. The summed E-state index contributed by atoms with van der Waals surface area (Å²) in [5.41, 5.74) is -0.153. The quantitative estimate of drug-likeness (QED) is 0.851. The Hall–Kier alpha value is -0.920. The van der Waals surface area contributed by atoms with Crippen LogP contribution >= 0.6 is 11.3 Å². The van der Waals surface area contributed by atoms with Crippen molar-refractivity contribution in [2.24, 2.45) is 11.3 Å². The minimum absolute atomic E-state index is 0.0313. The lowest BCUT2D eigenvalue weighted by atomic mass is 9.67. The van der Waals surface area contributed by atoms with Gasteiger partial charge in [-0.15, -0.1) is 11.3 Å². The second-order valence-electron chi connectivity index (χ2n) is 7.81. The van der Waals surface area contributed by atoms with Crippen molar-refractivity contribution in [2.45, 2.75) is 56.7 Å². The molecule has 0 radical (unpaired) electrons. The van der Waals surface area contributed by atoms with E-state index >= 15 is 0 Å². The Labute approximate surface area is 153 Å². The largest absolute Gasteiger partial charge is 0.351 e. The van der Waals surface area contributed by atoms with Crippen molar-refractivity contribution >= 4 is 27.3 Å². The number of thiophene rings is 1. The van der Waals surface area contributed by atoms with Crippen LogP contribution < -0.4 is 5.32 Å². The number of amides is 1. The molecule has 1 unspecified atom stereocenters. The van der Waals surface area contributed by atoms with Gasteiger partial charge in [0.25, 0.3) is 0 Å². The molecule has 0 aromatic carbocycles. The molecule has 5 nitrogen and oxygen atoms in total. The molecule has 1 N–H and O–H groups in total. The van der Waals surface area contributed by atoms with E-state index in [1.807, 2.05) is 17.5 Å². The van der Waals surface area contributed by atoms with Crippen LogP contribution in [0.3, 0.4) is 0 Å². The molecule has 138 valence electrons. The van der Waals surface area contributed by atoms with Gasteiger partial charge >= 0.3 is 0 Å². The Balaban J connectivity index is 1.51. The Bertz CT molecular complexity index is 720. The Morgan fingerprint density at radius 2 is 2.04 bits per heavy atom. The Morgan fingerprint density at radius 1 is 1.28 bits per heavy atom. The SMILES string of the molecule is O=C(NCc1cccs1)C1CN(S(=O)(=O)C2CC2)CC12CCCCC2. The first kappa shape index (κ1) is 17.5. The number of hydrogen-bond acceptors (Lipinski definition) is 4. The van der Waals surface area contributed by atoms with Gasteiger partial charge in [-0.05, 0) is 42.5 Å². The lowest BCUT2D eigenvalue weighted by Gasteiger charge is -2.37. The number of sulfonamides is 1. The van der Waals surface area contributed by atoms with Crippen LogP contribution in [0.1, 0.15) is 49.8 Å². The number of carbonyl (C=O) groups excluding carboxylic acids is 1. The predicted molar refractivity (Wildman–Crippen MR) is 98.7 cm³/mol. The molecule has 1 atom stereocenters. The van der Waals surface area contributed by atoms with Gasteiger partial charge in [0, 0.05) is 18.0 Å². The molecule has 7 heteroatoms. The maximum Gasteiger partial charge on any atom is 0.225 e. The fraction of sp³-hybridized carbons (Fsp3) is 0.722. The zero-order chi connectivity index (χ0) is 17.5. The van der Waals surface area contributed by atoms with E-state index in [1.54, 1.807) is 15.6 Å². The van der Waals surface area contributed by atoms with Crippen LogP contribution in [0.25, 0.3) is 0 Å². The van der Waals surface area contributed by atoms with Crippen LogP contribution in [0.4, 0.5) is 0 Å². The van der Waals surface area contributed by atoms with E-state index in [2.05, 4.69) is 5.32 Å². The first-order valence-electron chi connectivity index (χ1n) is 9.30. The van der Waals surface area contributed by atoms with Gasteiger partial charge in [0.15, 0.2) is 0 Å². The zero-order valence-corrected chi connectivity index (χ0v) is 16.1. The van der Waals surface area contributed by atoms with E-state index in [1.165, 1.54) is 6.42 Å². The summed E-state index contributed by atoms with van der Waals surface area (Å²) in [6.07, 6.45) is 6.91. The number of nitrogens with zero attached hydrogens (tertiary/aromatic N) is 1. The summed E-state index contributed by atoms with van der Waals surface area (Å²) in [6.45, 7) is 1.45. The first-order valence-corrected chi connectivity index (χ1v) is 11.7. The molecule has 1 aromatic rings. The zero-order valence-electron chi connectivity index (χ0n) is 14.4. The van der Waals surface area contributed by atoms with Crippen molar-refractivity contribution < 1.29 is 13.2 Å². The van der Waals surface area contributed by atoms with Gasteiger partial charge < -0.3 is 5.32 Å². The fourth-order valence-electron chi connectivity index (χ4n) is 4.53. The average Bonchev–Trinajstić information content (AvgIpc) is 3.23. The van der Waals surface area contributed by atoms with E-state index in [0.717, 1.165) is 43.4 Å². The van der Waals surface area contributed by atoms with Crippen LogP contribution in [0, 0.1) is 11.3 Å². The van der Waals surface area contributed by atoms with Gasteiger partial charge in [0.2, 0.25) is 15.9 Å². The van der Waals surface area contributed by atoms with Crippen LogP contribution in [0.5, 0.6) is 0 Å². The molecular weight excluding hydrogens is 356 g/mol. The van der Waals surface area contributed by atoms with E-state index in [4.69, 9.17) is 0 Å². The minimum Gasteiger partial charge on any atom is -0.351 e. The molecule has 1 aromatic heterocycles. The monoisotopic (exact) mass is 382 g/mol. The molecule has 1 amide bonds. The maximum absolute atomic E-state index is 12.9. The summed E-state index contributed by atoms with van der Waals surface area (Å²) in [5.74, 6) is -0.176. The third-order valence-electron chi connectivity index (χ3n) is 6.10. The molecule has 25 heavy (non-hydrogen) atoms. The van der Waals surface area contributed by atoms with Gasteiger partial charge in [-0.3, -0.25) is 4.79 Å². The predicted octanol–water partition coefficient (Wildman–Crippen LogP) is 2.74. The molecule has 0 bridgehead atoms. The van der Waals surface area contributed by atoms with Crippen LogP contribution in [0.15, 0.2) is 17.5 Å². The van der Waals surface area contributed by atoms with Gasteiger partial charge in [-0.25, -0.2) is 12.7 Å². The molecule has 2 heterocycles. The number of hydrogen-bond donors (Lipinski definition) is 1. The van der Waals surface area contributed by atoms with Gasteiger partial charge in [0.1, 0.15) is 0 Å². The normalized spacial score (nSPS) is 26.8. The molecule has 2 aliphatic carbocycles. The highest BCUT2D eigenvalue weighted by Crippen LogP contribution is 2.49. The van der Waals surface area contributed by atoms with Gasteiger partial charge in [0.05, 0.1) is 17.7 Å². The fourth-order valence-corrected chi connectivity index (χ4v) is 7.12. The van der Waals surface area contributed by atoms with Crippen LogP contribution in [0.2, 0.25) is 0 Å². The van der Waals surface area contributed by atoms with E-state index in [9.17, 15) is 13.2 Å². The smallest absolute Gasteiger partial charge is 0.225 e. The van der Waals surface area contributed by atoms with Crippen LogP contribution in [-0.2, 0) is 21.4 Å². The van der Waals surface area contributed by atoms with Crippen molar-refractivity contribution in [3.63, 3.8) is 0 Å².